The smallest absolute Gasteiger partial charge is 0.361 e. The summed E-state index contributed by atoms with van der Waals surface area (Å²) in [5, 5.41) is 16.3. The lowest BCUT2D eigenvalue weighted by molar-refractivity contribution is -0.181. The van der Waals surface area contributed by atoms with E-state index in [-0.39, 0.29) is 35.8 Å². The fourth-order valence-electron chi connectivity index (χ4n) is 10.0. The minimum absolute atomic E-state index is 0.0204. The third-order valence-corrected chi connectivity index (χ3v) is 12.3. The van der Waals surface area contributed by atoms with Gasteiger partial charge in [0.05, 0.1) is 29.9 Å². The molecular weight excluding hydrogens is 602 g/mol. The molecule has 0 aliphatic heterocycles. The molecule has 3 fully saturated rings. The lowest BCUT2D eigenvalue weighted by Crippen LogP contribution is -2.64. The summed E-state index contributed by atoms with van der Waals surface area (Å²) < 4.78 is 40.2. The lowest BCUT2D eigenvalue weighted by atomic mass is 9.44. The Morgan fingerprint density at radius 1 is 1.20 bits per heavy atom. The van der Waals surface area contributed by atoms with Crippen LogP contribution in [0.2, 0.25) is 0 Å². The van der Waals surface area contributed by atoms with Crippen molar-refractivity contribution in [3.63, 3.8) is 0 Å². The van der Waals surface area contributed by atoms with Crippen LogP contribution in [0.1, 0.15) is 68.7 Å². The molecule has 0 bridgehead atoms. The van der Waals surface area contributed by atoms with Gasteiger partial charge in [0.15, 0.2) is 17.7 Å². The van der Waals surface area contributed by atoms with Gasteiger partial charge in [0.2, 0.25) is 11.1 Å². The number of hydrogen-bond acceptors (Lipinski definition) is 9. The number of alkyl halides is 1. The van der Waals surface area contributed by atoms with Gasteiger partial charge in [-0.1, -0.05) is 33.3 Å². The molecule has 0 unspecified atom stereocenters. The highest BCUT2D eigenvalue weighted by atomic mass is 32.2. The number of ether oxygens (including phenoxy) is 1. The van der Waals surface area contributed by atoms with E-state index < -0.39 is 51.5 Å². The van der Waals surface area contributed by atoms with Crippen LogP contribution in [0.5, 0.6) is 0 Å². The van der Waals surface area contributed by atoms with E-state index >= 15 is 0 Å². The Kier molecular flexibility index (Phi) is 7.12. The molecule has 7 rings (SSSR count). The van der Waals surface area contributed by atoms with Crippen LogP contribution in [0.4, 0.5) is 8.78 Å². The molecule has 0 radical (unpaired) electrons. The van der Waals surface area contributed by atoms with Gasteiger partial charge in [0.25, 0.3) is 0 Å². The summed E-state index contributed by atoms with van der Waals surface area (Å²) in [7, 11) is 0. The molecule has 0 spiro atoms. The van der Waals surface area contributed by atoms with Gasteiger partial charge >= 0.3 is 5.97 Å². The number of aliphatic hydroxyl groups is 1. The van der Waals surface area contributed by atoms with Crippen molar-refractivity contribution in [3.05, 3.63) is 65.7 Å². The first-order chi connectivity index (χ1) is 21.4. The zero-order valence-electron chi connectivity index (χ0n) is 25.6. The number of pyridine rings is 1. The molecule has 9 nitrogen and oxygen atoms in total. The maximum Gasteiger partial charge on any atom is 0.361 e. The monoisotopic (exact) mass is 638 g/mol. The third kappa shape index (κ3) is 4.23. The highest BCUT2D eigenvalue weighted by Gasteiger charge is 2.73. The molecule has 9 atom stereocenters. The molecule has 3 heterocycles. The minimum atomic E-state index is -1.65. The van der Waals surface area contributed by atoms with Crippen LogP contribution in [0.25, 0.3) is 11.8 Å². The van der Waals surface area contributed by atoms with Gasteiger partial charge in [-0.05, 0) is 90.3 Å². The quantitative estimate of drug-likeness (QED) is 0.272. The molecule has 3 aromatic rings. The van der Waals surface area contributed by atoms with E-state index in [1.54, 1.807) is 10.7 Å². The minimum Gasteiger partial charge on any atom is -0.451 e. The topological polar surface area (TPSA) is 120 Å². The van der Waals surface area contributed by atoms with Crippen LogP contribution >= 0.6 is 11.8 Å². The summed E-state index contributed by atoms with van der Waals surface area (Å²) in [5.41, 5.74) is 0.806. The van der Waals surface area contributed by atoms with Crippen LogP contribution in [0.15, 0.2) is 47.2 Å². The Bertz CT molecular complexity index is 1680. The SMILES string of the molecule is C[C@@H]1C[C@H]2[C@@H]3C[C@H](C)C4=Cc5c(cnn5-c5ccc(F)nc5)C[C@]4(C)[C@H]3[C@@H](O)C[C@]2(C)[C@@]1(OC(=O)c1cocn1)C(=O)SCF. The Morgan fingerprint density at radius 2 is 2.00 bits per heavy atom. The van der Waals surface area contributed by atoms with Crippen molar-refractivity contribution >= 4 is 28.9 Å². The molecule has 3 aromatic heterocycles. The van der Waals surface area contributed by atoms with Crippen molar-refractivity contribution in [1.29, 1.82) is 0 Å². The second-order valence-electron chi connectivity index (χ2n) is 13.8. The summed E-state index contributed by atoms with van der Waals surface area (Å²) in [4.78, 5) is 35.0. The molecule has 0 aromatic carbocycles. The summed E-state index contributed by atoms with van der Waals surface area (Å²) in [6, 6.07) is 2.02. The van der Waals surface area contributed by atoms with Gasteiger partial charge in [-0.3, -0.25) is 4.79 Å². The van der Waals surface area contributed by atoms with Crippen LogP contribution in [-0.4, -0.2) is 53.7 Å². The fourth-order valence-corrected chi connectivity index (χ4v) is 10.8. The third-order valence-electron chi connectivity index (χ3n) is 11.6. The predicted molar refractivity (Wildman–Crippen MR) is 161 cm³/mol. The van der Waals surface area contributed by atoms with Gasteiger partial charge in [0, 0.05) is 11.3 Å². The number of allylic oxidation sites excluding steroid dienone is 1. The molecule has 4 aliphatic rings. The van der Waals surface area contributed by atoms with Crippen molar-refractivity contribution in [2.75, 3.05) is 6.01 Å². The van der Waals surface area contributed by atoms with Gasteiger partial charge in [-0.25, -0.2) is 23.8 Å². The molecule has 3 saturated carbocycles. The number of halogens is 2. The average molecular weight is 639 g/mol. The Labute approximate surface area is 263 Å². The van der Waals surface area contributed by atoms with E-state index in [2.05, 4.69) is 35.0 Å². The molecule has 0 saturated heterocycles. The number of aliphatic hydroxyl groups excluding tert-OH is 1. The van der Waals surface area contributed by atoms with Crippen LogP contribution in [-0.2, 0) is 16.0 Å². The Morgan fingerprint density at radius 3 is 2.69 bits per heavy atom. The van der Waals surface area contributed by atoms with Gasteiger partial charge in [-0.2, -0.15) is 9.49 Å². The van der Waals surface area contributed by atoms with Gasteiger partial charge < -0.3 is 14.3 Å². The number of nitrogens with zero attached hydrogens (tertiary/aromatic N) is 4. The van der Waals surface area contributed by atoms with Gasteiger partial charge in [-0.15, -0.1) is 0 Å². The summed E-state index contributed by atoms with van der Waals surface area (Å²) in [5.74, 6) is -1.80. The number of fused-ring (bicyclic) bond motifs is 6. The number of esters is 1. The summed E-state index contributed by atoms with van der Waals surface area (Å²) in [6.07, 6.45) is 9.20. The Hall–Kier alpha value is -3.38. The van der Waals surface area contributed by atoms with Crippen LogP contribution in [0, 0.1) is 46.4 Å². The van der Waals surface area contributed by atoms with Crippen LogP contribution < -0.4 is 0 Å². The molecule has 1 N–H and O–H groups in total. The first-order valence-electron chi connectivity index (χ1n) is 15.4. The maximum absolute atomic E-state index is 13.9. The maximum atomic E-state index is 13.9. The Balaban J connectivity index is 1.28. The van der Waals surface area contributed by atoms with Crippen molar-refractivity contribution in [2.24, 2.45) is 40.4 Å². The predicted octanol–water partition coefficient (Wildman–Crippen LogP) is 5.82. The largest absolute Gasteiger partial charge is 0.451 e. The standard InChI is InChI=1S/C33H36F2N4O5S/c1-17-7-21-23-8-18(2)33(30(42)45-15-34,44-29(41)24-14-43-16-37-24)32(23,4)11-26(40)28(21)31(3)10-19-12-38-39(25(19)9-22(17)31)20-5-6-27(35)36-13-20/h5-6,9,12-14,16-18,21,23,26,28,40H,7-8,10-11,15H2,1-4H3/t17-,18+,21-,23-,26-,28+,31-,32-,33-/m0/s1. The average Bonchev–Trinajstić information content (AvgIpc) is 3.71. The lowest BCUT2D eigenvalue weighted by Gasteiger charge is -2.62. The van der Waals surface area contributed by atoms with Gasteiger partial charge in [0.1, 0.15) is 12.3 Å². The number of carbonyl (C=O) groups is 2. The number of rotatable bonds is 5. The number of hydrogen-bond donors (Lipinski definition) is 1. The van der Waals surface area contributed by atoms with Crippen molar-refractivity contribution in [2.45, 2.75) is 65.1 Å². The highest BCUT2D eigenvalue weighted by molar-refractivity contribution is 8.13. The van der Waals surface area contributed by atoms with E-state index in [4.69, 9.17) is 9.15 Å². The molecule has 12 heteroatoms. The number of carbonyl (C=O) groups excluding carboxylic acids is 2. The highest BCUT2D eigenvalue weighted by Crippen LogP contribution is 2.70. The summed E-state index contributed by atoms with van der Waals surface area (Å²) in [6.45, 7) is 8.25. The zero-order valence-corrected chi connectivity index (χ0v) is 26.4. The van der Waals surface area contributed by atoms with E-state index in [9.17, 15) is 23.5 Å². The van der Waals surface area contributed by atoms with Crippen molar-refractivity contribution in [1.82, 2.24) is 19.7 Å². The van der Waals surface area contributed by atoms with Crippen molar-refractivity contribution in [3.8, 4) is 5.69 Å². The molecule has 0 amide bonds. The van der Waals surface area contributed by atoms with E-state index in [0.717, 1.165) is 30.3 Å². The molecular formula is C33H36F2N4O5S. The zero-order chi connectivity index (χ0) is 31.9. The van der Waals surface area contributed by atoms with E-state index in [0.29, 0.717) is 30.3 Å². The molecule has 45 heavy (non-hydrogen) atoms. The first-order valence-corrected chi connectivity index (χ1v) is 16.4. The fraction of sp³-hybridized carbons (Fsp3) is 0.545. The molecule has 238 valence electrons. The van der Waals surface area contributed by atoms with E-state index in [1.807, 2.05) is 20.0 Å². The second-order valence-corrected chi connectivity index (χ2v) is 14.7. The number of oxazole rings is 1. The van der Waals surface area contributed by atoms with Crippen molar-refractivity contribution < 1.29 is 32.6 Å². The first kappa shape index (κ1) is 30.3. The van der Waals surface area contributed by atoms with E-state index in [1.165, 1.54) is 17.8 Å². The van der Waals surface area contributed by atoms with Crippen LogP contribution in [0.3, 0.4) is 0 Å². The second kappa shape index (κ2) is 10.6. The number of thioether (sulfide) groups is 1. The summed E-state index contributed by atoms with van der Waals surface area (Å²) >= 11 is 0.515. The number of aromatic nitrogens is 4. The molecule has 4 aliphatic carbocycles. The normalized spacial score (nSPS) is 36.7.